The molecule has 1 aromatic heterocycles. The quantitative estimate of drug-likeness (QED) is 0.597. The highest BCUT2D eigenvalue weighted by atomic mass is 16.7. The van der Waals surface area contributed by atoms with Crippen molar-refractivity contribution in [2.75, 3.05) is 18.5 Å². The first kappa shape index (κ1) is 20.4. The lowest BCUT2D eigenvalue weighted by atomic mass is 9.97. The Morgan fingerprint density at radius 2 is 1.83 bits per heavy atom. The molecule has 0 spiro atoms. The molecular formula is C19H31N3O2. The molecule has 0 aromatic carbocycles. The number of hydrogen-bond donors (Lipinski definition) is 1. The second-order valence-electron chi connectivity index (χ2n) is 6.01. The SMILES string of the molecule is CCOC(OCC)c1ncc(NC(CC)CC(C)CC)cc1C#N. The molecule has 134 valence electrons. The van der Waals surface area contributed by atoms with E-state index in [2.05, 4.69) is 37.1 Å². The molecule has 1 heterocycles. The van der Waals surface area contributed by atoms with E-state index in [1.165, 1.54) is 6.42 Å². The van der Waals surface area contributed by atoms with E-state index in [0.29, 0.717) is 36.4 Å². The lowest BCUT2D eigenvalue weighted by molar-refractivity contribution is -0.142. The molecule has 0 aliphatic rings. The van der Waals surface area contributed by atoms with Crippen LogP contribution in [0.15, 0.2) is 12.3 Å². The summed E-state index contributed by atoms with van der Waals surface area (Å²) in [4.78, 5) is 4.44. The summed E-state index contributed by atoms with van der Waals surface area (Å²) in [6.07, 6.45) is 4.49. The first-order valence-corrected chi connectivity index (χ1v) is 8.99. The van der Waals surface area contributed by atoms with Crippen LogP contribution < -0.4 is 5.32 Å². The Morgan fingerprint density at radius 3 is 2.33 bits per heavy atom. The Kier molecular flexibility index (Phi) is 9.36. The fourth-order valence-corrected chi connectivity index (χ4v) is 2.56. The highest BCUT2D eigenvalue weighted by Crippen LogP contribution is 2.24. The Bertz CT molecular complexity index is 522. The molecule has 1 rings (SSSR count). The van der Waals surface area contributed by atoms with Gasteiger partial charge in [0.15, 0.2) is 0 Å². The number of ether oxygens (including phenoxy) is 2. The summed E-state index contributed by atoms with van der Waals surface area (Å²) in [5.41, 5.74) is 1.91. The minimum atomic E-state index is -0.592. The second kappa shape index (κ2) is 11.0. The van der Waals surface area contributed by atoms with Crippen LogP contribution in [-0.4, -0.2) is 24.2 Å². The molecule has 0 saturated carbocycles. The van der Waals surface area contributed by atoms with Crippen LogP contribution in [0, 0.1) is 17.2 Å². The Labute approximate surface area is 146 Å². The highest BCUT2D eigenvalue weighted by molar-refractivity contribution is 5.50. The largest absolute Gasteiger partial charge is 0.381 e. The van der Waals surface area contributed by atoms with Gasteiger partial charge in [0.1, 0.15) is 11.8 Å². The summed E-state index contributed by atoms with van der Waals surface area (Å²) in [5, 5.41) is 13.0. The van der Waals surface area contributed by atoms with Crippen LogP contribution in [0.25, 0.3) is 0 Å². The molecule has 2 unspecified atom stereocenters. The molecule has 5 nitrogen and oxygen atoms in total. The van der Waals surface area contributed by atoms with Gasteiger partial charge >= 0.3 is 0 Å². The lowest BCUT2D eigenvalue weighted by Gasteiger charge is -2.22. The predicted molar refractivity (Wildman–Crippen MR) is 96.7 cm³/mol. The van der Waals surface area contributed by atoms with E-state index >= 15 is 0 Å². The number of rotatable bonds is 11. The number of hydrogen-bond acceptors (Lipinski definition) is 5. The molecule has 0 saturated heterocycles. The van der Waals surface area contributed by atoms with E-state index in [4.69, 9.17) is 9.47 Å². The summed E-state index contributed by atoms with van der Waals surface area (Å²) < 4.78 is 11.1. The maximum Gasteiger partial charge on any atom is 0.202 e. The number of pyridine rings is 1. The van der Waals surface area contributed by atoms with Crippen molar-refractivity contribution in [1.82, 2.24) is 4.98 Å². The van der Waals surface area contributed by atoms with Gasteiger partial charge < -0.3 is 14.8 Å². The fourth-order valence-electron chi connectivity index (χ4n) is 2.56. The van der Waals surface area contributed by atoms with E-state index in [1.54, 1.807) is 6.20 Å². The molecule has 2 atom stereocenters. The van der Waals surface area contributed by atoms with Crippen LogP contribution in [-0.2, 0) is 9.47 Å². The van der Waals surface area contributed by atoms with Gasteiger partial charge in [0, 0.05) is 19.3 Å². The summed E-state index contributed by atoms with van der Waals surface area (Å²) in [6, 6.07) is 4.44. The first-order chi connectivity index (χ1) is 11.6. The molecule has 0 bridgehead atoms. The van der Waals surface area contributed by atoms with Gasteiger partial charge in [-0.15, -0.1) is 0 Å². The summed E-state index contributed by atoms with van der Waals surface area (Å²) in [6.45, 7) is 11.5. The summed E-state index contributed by atoms with van der Waals surface area (Å²) in [7, 11) is 0. The molecule has 0 amide bonds. The van der Waals surface area contributed by atoms with Gasteiger partial charge in [-0.2, -0.15) is 5.26 Å². The van der Waals surface area contributed by atoms with Crippen molar-refractivity contribution >= 4 is 5.69 Å². The van der Waals surface area contributed by atoms with Crippen LogP contribution in [0.1, 0.15) is 71.4 Å². The van der Waals surface area contributed by atoms with Crippen LogP contribution >= 0.6 is 0 Å². The van der Waals surface area contributed by atoms with Crippen molar-refractivity contribution in [2.24, 2.45) is 5.92 Å². The van der Waals surface area contributed by atoms with E-state index < -0.39 is 6.29 Å². The second-order valence-corrected chi connectivity index (χ2v) is 6.01. The minimum absolute atomic E-state index is 0.383. The summed E-state index contributed by atoms with van der Waals surface area (Å²) >= 11 is 0. The zero-order valence-electron chi connectivity index (χ0n) is 15.6. The topological polar surface area (TPSA) is 67.2 Å². The van der Waals surface area contributed by atoms with E-state index in [9.17, 15) is 5.26 Å². The van der Waals surface area contributed by atoms with Crippen LogP contribution in [0.2, 0.25) is 0 Å². The van der Waals surface area contributed by atoms with Crippen molar-refractivity contribution in [2.45, 2.75) is 66.2 Å². The average molecular weight is 333 g/mol. The van der Waals surface area contributed by atoms with E-state index in [-0.39, 0.29) is 0 Å². The van der Waals surface area contributed by atoms with Crippen LogP contribution in [0.4, 0.5) is 5.69 Å². The summed E-state index contributed by atoms with van der Waals surface area (Å²) in [5.74, 6) is 0.672. The molecule has 1 aromatic rings. The maximum absolute atomic E-state index is 9.47. The van der Waals surface area contributed by atoms with E-state index in [0.717, 1.165) is 18.5 Å². The third-order valence-electron chi connectivity index (χ3n) is 4.15. The molecular weight excluding hydrogens is 302 g/mol. The third-order valence-corrected chi connectivity index (χ3v) is 4.15. The lowest BCUT2D eigenvalue weighted by Crippen LogP contribution is -2.22. The third kappa shape index (κ3) is 6.10. The molecule has 0 aliphatic carbocycles. The zero-order valence-corrected chi connectivity index (χ0v) is 15.6. The zero-order chi connectivity index (χ0) is 17.9. The average Bonchev–Trinajstić information content (AvgIpc) is 2.60. The monoisotopic (exact) mass is 333 g/mol. The number of nitrogens with one attached hydrogen (secondary N) is 1. The normalized spacial score (nSPS) is 13.5. The maximum atomic E-state index is 9.47. The van der Waals surface area contributed by atoms with Crippen molar-refractivity contribution in [1.29, 1.82) is 5.26 Å². The van der Waals surface area contributed by atoms with Crippen LogP contribution in [0.5, 0.6) is 0 Å². The number of anilines is 1. The van der Waals surface area contributed by atoms with Gasteiger partial charge in [0.05, 0.1) is 17.4 Å². The highest BCUT2D eigenvalue weighted by Gasteiger charge is 2.19. The van der Waals surface area contributed by atoms with Crippen molar-refractivity contribution in [3.63, 3.8) is 0 Å². The van der Waals surface area contributed by atoms with Crippen LogP contribution in [0.3, 0.4) is 0 Å². The van der Waals surface area contributed by atoms with E-state index in [1.807, 2.05) is 19.9 Å². The molecule has 5 heteroatoms. The Morgan fingerprint density at radius 1 is 1.17 bits per heavy atom. The smallest absolute Gasteiger partial charge is 0.202 e. The van der Waals surface area contributed by atoms with Crippen molar-refractivity contribution < 1.29 is 9.47 Å². The fraction of sp³-hybridized carbons (Fsp3) is 0.684. The van der Waals surface area contributed by atoms with Gasteiger partial charge in [-0.1, -0.05) is 27.2 Å². The van der Waals surface area contributed by atoms with Crippen molar-refractivity contribution in [3.8, 4) is 6.07 Å². The standard InChI is InChI=1S/C19H31N3O2/c1-6-14(5)10-16(7-2)22-17-11-15(12-20)18(21-13-17)19(23-8-3)24-9-4/h11,13-14,16,19,22H,6-10H2,1-5H3. The first-order valence-electron chi connectivity index (χ1n) is 8.99. The molecule has 0 fully saturated rings. The Hall–Kier alpha value is -1.64. The van der Waals surface area contributed by atoms with Gasteiger partial charge in [0.25, 0.3) is 0 Å². The van der Waals surface area contributed by atoms with Gasteiger partial charge in [-0.25, -0.2) is 0 Å². The van der Waals surface area contributed by atoms with Gasteiger partial charge in [0.2, 0.25) is 6.29 Å². The number of aromatic nitrogens is 1. The van der Waals surface area contributed by atoms with Gasteiger partial charge in [-0.05, 0) is 38.7 Å². The number of nitrogens with zero attached hydrogens (tertiary/aromatic N) is 2. The minimum Gasteiger partial charge on any atom is -0.381 e. The Balaban J connectivity index is 2.94. The molecule has 1 N–H and O–H groups in total. The van der Waals surface area contributed by atoms with Crippen molar-refractivity contribution in [3.05, 3.63) is 23.5 Å². The van der Waals surface area contributed by atoms with Gasteiger partial charge in [-0.3, -0.25) is 4.98 Å². The molecule has 24 heavy (non-hydrogen) atoms. The predicted octanol–water partition coefficient (Wildman–Crippen LogP) is 4.65. The molecule has 0 aliphatic heterocycles. The molecule has 0 radical (unpaired) electrons. The number of nitriles is 1.